The fourth-order valence-corrected chi connectivity index (χ4v) is 4.66. The number of nitrogens with zero attached hydrogens (tertiary/aromatic N) is 6. The average molecular weight is 486 g/mol. The molecule has 4 aromatic rings. The average Bonchev–Trinajstić information content (AvgIpc) is 3.51. The van der Waals surface area contributed by atoms with Gasteiger partial charge in [0.1, 0.15) is 5.65 Å². The van der Waals surface area contributed by atoms with Crippen LogP contribution in [0.3, 0.4) is 0 Å². The third kappa shape index (κ3) is 4.50. The van der Waals surface area contributed by atoms with Crippen LogP contribution >= 0.6 is 0 Å². The Hall–Kier alpha value is -4.31. The number of ether oxygens (including phenoxy) is 1. The van der Waals surface area contributed by atoms with E-state index >= 15 is 0 Å². The first kappa shape index (κ1) is 23.4. The highest BCUT2D eigenvalue weighted by Crippen LogP contribution is 2.26. The van der Waals surface area contributed by atoms with Gasteiger partial charge < -0.3 is 15.0 Å². The minimum absolute atomic E-state index is 0.101. The van der Waals surface area contributed by atoms with E-state index < -0.39 is 0 Å². The maximum Gasteiger partial charge on any atom is 0.260 e. The molecule has 0 unspecified atom stereocenters. The maximum absolute atomic E-state index is 13.8. The number of carbonyl (C=O) groups excluding carboxylic acids is 1. The summed E-state index contributed by atoms with van der Waals surface area (Å²) in [7, 11) is 3.45. The molecule has 36 heavy (non-hydrogen) atoms. The smallest absolute Gasteiger partial charge is 0.260 e. The number of nitrogens with one attached hydrogen (secondary N) is 1. The van der Waals surface area contributed by atoms with Crippen LogP contribution in [-0.2, 0) is 23.1 Å². The standard InChI is InChI=1S/C26H27N7O3/c1-4-23(34)32-13-19(22(16-32)36-3)14-33-24-18(10-21(25(33)35)17-8-6-5-7-9-17)11-27-26(30-24)29-20-12-28-31(2)15-20/h4-12,15,19,22H,1,13-14,16H2,2-3H3,(H,27,29,30)/t19-,22+/m1/s1. The number of carbonyl (C=O) groups is 1. The Kier molecular flexibility index (Phi) is 6.34. The topological polar surface area (TPSA) is 107 Å². The van der Waals surface area contributed by atoms with Gasteiger partial charge in [-0.3, -0.25) is 18.8 Å². The summed E-state index contributed by atoms with van der Waals surface area (Å²) in [6.07, 6.45) is 6.28. The van der Waals surface area contributed by atoms with E-state index in [4.69, 9.17) is 9.72 Å². The van der Waals surface area contributed by atoms with E-state index in [0.717, 1.165) is 16.6 Å². The molecule has 1 aliphatic rings. The van der Waals surface area contributed by atoms with E-state index in [2.05, 4.69) is 22.0 Å². The Morgan fingerprint density at radius 3 is 2.75 bits per heavy atom. The molecule has 1 aliphatic heterocycles. The van der Waals surface area contributed by atoms with Gasteiger partial charge in [0, 0.05) is 63.1 Å². The predicted molar refractivity (Wildman–Crippen MR) is 137 cm³/mol. The van der Waals surface area contributed by atoms with Crippen molar-refractivity contribution in [3.05, 3.63) is 78.0 Å². The first-order valence-corrected chi connectivity index (χ1v) is 11.6. The Balaban J connectivity index is 1.60. The number of hydrogen-bond acceptors (Lipinski definition) is 7. The Labute approximate surface area is 207 Å². The van der Waals surface area contributed by atoms with Crippen molar-refractivity contribution in [2.45, 2.75) is 12.6 Å². The molecule has 1 amide bonds. The third-order valence-electron chi connectivity index (χ3n) is 6.46. The van der Waals surface area contributed by atoms with E-state index in [1.807, 2.05) is 49.6 Å². The zero-order chi connectivity index (χ0) is 25.2. The predicted octanol–water partition coefficient (Wildman–Crippen LogP) is 2.60. The quantitative estimate of drug-likeness (QED) is 0.401. The Morgan fingerprint density at radius 2 is 2.06 bits per heavy atom. The van der Waals surface area contributed by atoms with Crippen LogP contribution in [0.5, 0.6) is 0 Å². The van der Waals surface area contributed by atoms with Crippen LogP contribution < -0.4 is 10.9 Å². The van der Waals surface area contributed by atoms with Crippen molar-refractivity contribution >= 4 is 28.6 Å². The molecule has 0 spiro atoms. The number of anilines is 2. The van der Waals surface area contributed by atoms with Crippen LogP contribution in [0.25, 0.3) is 22.2 Å². The van der Waals surface area contributed by atoms with Crippen molar-refractivity contribution in [3.8, 4) is 11.1 Å². The summed E-state index contributed by atoms with van der Waals surface area (Å²) in [6.45, 7) is 4.83. The fraction of sp³-hybridized carbons (Fsp3) is 0.269. The summed E-state index contributed by atoms with van der Waals surface area (Å²) in [5.74, 6) is 0.102. The first-order valence-electron chi connectivity index (χ1n) is 11.6. The van der Waals surface area contributed by atoms with E-state index in [1.54, 1.807) is 33.7 Å². The molecule has 3 aromatic heterocycles. The van der Waals surface area contributed by atoms with E-state index in [1.165, 1.54) is 6.08 Å². The highest BCUT2D eigenvalue weighted by Gasteiger charge is 2.35. The summed E-state index contributed by atoms with van der Waals surface area (Å²) in [5, 5.41) is 8.03. The summed E-state index contributed by atoms with van der Waals surface area (Å²) in [5.41, 5.74) is 2.45. The van der Waals surface area contributed by atoms with Gasteiger partial charge in [0.05, 0.1) is 18.0 Å². The fourth-order valence-electron chi connectivity index (χ4n) is 4.66. The van der Waals surface area contributed by atoms with Crippen molar-refractivity contribution in [3.63, 3.8) is 0 Å². The molecule has 1 N–H and O–H groups in total. The molecule has 10 nitrogen and oxygen atoms in total. The molecule has 4 heterocycles. The van der Waals surface area contributed by atoms with Gasteiger partial charge in [-0.25, -0.2) is 4.98 Å². The van der Waals surface area contributed by atoms with Gasteiger partial charge in [-0.05, 0) is 17.7 Å². The molecule has 1 saturated heterocycles. The zero-order valence-corrected chi connectivity index (χ0v) is 20.2. The Bertz CT molecular complexity index is 1480. The molecule has 2 atom stereocenters. The molecule has 0 bridgehead atoms. The normalized spacial score (nSPS) is 17.4. The number of benzene rings is 1. The van der Waals surface area contributed by atoms with Gasteiger partial charge in [0.15, 0.2) is 0 Å². The molecule has 1 aromatic carbocycles. The summed E-state index contributed by atoms with van der Waals surface area (Å²) in [4.78, 5) is 37.0. The van der Waals surface area contributed by atoms with Crippen LogP contribution in [0.1, 0.15) is 0 Å². The third-order valence-corrected chi connectivity index (χ3v) is 6.46. The van der Waals surface area contributed by atoms with Crippen LogP contribution in [0.15, 0.2) is 72.4 Å². The largest absolute Gasteiger partial charge is 0.379 e. The number of pyridine rings is 1. The molecule has 0 radical (unpaired) electrons. The highest BCUT2D eigenvalue weighted by molar-refractivity contribution is 5.87. The second-order valence-corrected chi connectivity index (χ2v) is 8.82. The number of methoxy groups -OCH3 is 1. The number of aryl methyl sites for hydroxylation is 1. The number of aromatic nitrogens is 5. The molecule has 0 saturated carbocycles. The Morgan fingerprint density at radius 1 is 1.25 bits per heavy atom. The van der Waals surface area contributed by atoms with Gasteiger partial charge >= 0.3 is 0 Å². The second-order valence-electron chi connectivity index (χ2n) is 8.82. The molecule has 1 fully saturated rings. The molecule has 5 rings (SSSR count). The second kappa shape index (κ2) is 9.74. The number of fused-ring (bicyclic) bond motifs is 1. The van der Waals surface area contributed by atoms with Gasteiger partial charge in [0.2, 0.25) is 11.9 Å². The highest BCUT2D eigenvalue weighted by atomic mass is 16.5. The van der Waals surface area contributed by atoms with E-state index in [0.29, 0.717) is 36.8 Å². The minimum atomic E-state index is -0.217. The molecule has 10 heteroatoms. The SMILES string of the molecule is C=CC(=O)N1C[C@H](Cn2c(=O)c(-c3ccccc3)cc3cnc(Nc4cnn(C)c4)nc32)[C@@H](OC)C1. The van der Waals surface area contributed by atoms with Crippen LogP contribution in [0.4, 0.5) is 11.6 Å². The molecular weight excluding hydrogens is 458 g/mol. The number of rotatable bonds is 7. The monoisotopic (exact) mass is 485 g/mol. The lowest BCUT2D eigenvalue weighted by Gasteiger charge is -2.20. The molecule has 184 valence electrons. The lowest BCUT2D eigenvalue weighted by molar-refractivity contribution is -0.125. The molecule has 0 aliphatic carbocycles. The number of likely N-dealkylation sites (tertiary alicyclic amines) is 1. The zero-order valence-electron chi connectivity index (χ0n) is 20.2. The van der Waals surface area contributed by atoms with Crippen molar-refractivity contribution < 1.29 is 9.53 Å². The first-order chi connectivity index (χ1) is 17.5. The molecular formula is C26H27N7O3. The van der Waals surface area contributed by atoms with Crippen molar-refractivity contribution in [2.24, 2.45) is 13.0 Å². The van der Waals surface area contributed by atoms with Crippen LogP contribution in [-0.4, -0.2) is 61.4 Å². The summed E-state index contributed by atoms with van der Waals surface area (Å²) < 4.78 is 9.04. The van der Waals surface area contributed by atoms with Crippen molar-refractivity contribution in [1.82, 2.24) is 29.2 Å². The van der Waals surface area contributed by atoms with Gasteiger partial charge in [-0.15, -0.1) is 0 Å². The van der Waals surface area contributed by atoms with E-state index in [9.17, 15) is 9.59 Å². The van der Waals surface area contributed by atoms with Gasteiger partial charge in [-0.1, -0.05) is 36.9 Å². The maximum atomic E-state index is 13.8. The van der Waals surface area contributed by atoms with Crippen molar-refractivity contribution in [2.75, 3.05) is 25.5 Å². The number of hydrogen-bond donors (Lipinski definition) is 1. The van der Waals surface area contributed by atoms with Crippen molar-refractivity contribution in [1.29, 1.82) is 0 Å². The van der Waals surface area contributed by atoms with E-state index in [-0.39, 0.29) is 23.5 Å². The summed E-state index contributed by atoms with van der Waals surface area (Å²) in [6, 6.07) is 11.4. The summed E-state index contributed by atoms with van der Waals surface area (Å²) >= 11 is 0. The lowest BCUT2D eigenvalue weighted by Crippen LogP contribution is -2.32. The minimum Gasteiger partial charge on any atom is -0.379 e. The van der Waals surface area contributed by atoms with Gasteiger partial charge in [-0.2, -0.15) is 10.1 Å². The van der Waals surface area contributed by atoms with Gasteiger partial charge in [0.25, 0.3) is 5.56 Å². The number of amides is 1. The lowest BCUT2D eigenvalue weighted by atomic mass is 10.0. The van der Waals surface area contributed by atoms with Crippen LogP contribution in [0.2, 0.25) is 0 Å². The van der Waals surface area contributed by atoms with Crippen LogP contribution in [0, 0.1) is 5.92 Å².